The van der Waals surface area contributed by atoms with Crippen LogP contribution in [0.25, 0.3) is 0 Å². The zero-order valence-electron chi connectivity index (χ0n) is 10.3. The number of nitrogens with two attached hydrogens (primary N) is 1. The highest BCUT2D eigenvalue weighted by atomic mass is 32.1. The third-order valence-corrected chi connectivity index (χ3v) is 3.57. The number of amides is 1. The van der Waals surface area contributed by atoms with E-state index in [4.69, 9.17) is 5.73 Å². The average molecular weight is 265 g/mol. The first-order valence-electron chi connectivity index (χ1n) is 5.48. The molecule has 0 aromatic carbocycles. The number of aromatic nitrogens is 3. The molecule has 2 heterocycles. The molecule has 2 rings (SSSR count). The number of carbonyl (C=O) groups excluding carboxylic acids is 1. The van der Waals surface area contributed by atoms with E-state index in [1.807, 2.05) is 6.92 Å². The Morgan fingerprint density at radius 1 is 1.67 bits per heavy atom. The van der Waals surface area contributed by atoms with E-state index in [1.165, 1.54) is 11.3 Å². The van der Waals surface area contributed by atoms with Crippen molar-refractivity contribution < 1.29 is 4.79 Å². The number of nitrogens with zero attached hydrogens (tertiary/aromatic N) is 3. The van der Waals surface area contributed by atoms with Gasteiger partial charge in [-0.05, 0) is 6.92 Å². The van der Waals surface area contributed by atoms with Crippen molar-refractivity contribution in [2.24, 2.45) is 12.8 Å². The molecule has 0 bridgehead atoms. The van der Waals surface area contributed by atoms with Crippen molar-refractivity contribution in [3.05, 3.63) is 34.0 Å². The van der Waals surface area contributed by atoms with E-state index < -0.39 is 6.04 Å². The Bertz CT molecular complexity index is 547. The van der Waals surface area contributed by atoms with Gasteiger partial charge in [0.1, 0.15) is 6.04 Å². The molecular formula is C11H15N5OS. The van der Waals surface area contributed by atoms with E-state index in [2.05, 4.69) is 15.4 Å². The van der Waals surface area contributed by atoms with Crippen molar-refractivity contribution in [3.63, 3.8) is 0 Å². The Kier molecular flexibility index (Phi) is 3.73. The van der Waals surface area contributed by atoms with E-state index in [9.17, 15) is 4.79 Å². The second kappa shape index (κ2) is 5.28. The predicted octanol–water partition coefficient (Wildman–Crippen LogP) is 0.501. The van der Waals surface area contributed by atoms with Crippen molar-refractivity contribution in [2.45, 2.75) is 19.5 Å². The maximum Gasteiger partial charge on any atom is 0.241 e. The molecule has 2 aromatic heterocycles. The van der Waals surface area contributed by atoms with Gasteiger partial charge in [-0.25, -0.2) is 4.98 Å². The Morgan fingerprint density at radius 3 is 3.00 bits per heavy atom. The van der Waals surface area contributed by atoms with Gasteiger partial charge in [-0.15, -0.1) is 11.3 Å². The van der Waals surface area contributed by atoms with E-state index >= 15 is 0 Å². The molecule has 0 saturated carbocycles. The van der Waals surface area contributed by atoms with Crippen LogP contribution < -0.4 is 11.1 Å². The van der Waals surface area contributed by atoms with Gasteiger partial charge in [0.15, 0.2) is 0 Å². The highest BCUT2D eigenvalue weighted by Crippen LogP contribution is 2.13. The van der Waals surface area contributed by atoms with Crippen LogP contribution in [0.2, 0.25) is 0 Å². The number of nitrogens with one attached hydrogen (secondary N) is 1. The van der Waals surface area contributed by atoms with Crippen molar-refractivity contribution in [3.8, 4) is 0 Å². The van der Waals surface area contributed by atoms with Crippen molar-refractivity contribution in [1.82, 2.24) is 20.1 Å². The van der Waals surface area contributed by atoms with E-state index in [-0.39, 0.29) is 5.91 Å². The zero-order valence-corrected chi connectivity index (χ0v) is 11.1. The highest BCUT2D eigenvalue weighted by Gasteiger charge is 2.17. The summed E-state index contributed by atoms with van der Waals surface area (Å²) in [6, 6.07) is -0.688. The van der Waals surface area contributed by atoms with Gasteiger partial charge in [0.2, 0.25) is 5.91 Å². The largest absolute Gasteiger partial charge is 0.349 e. The van der Waals surface area contributed by atoms with Crippen molar-refractivity contribution >= 4 is 17.2 Å². The van der Waals surface area contributed by atoms with Gasteiger partial charge in [0, 0.05) is 23.7 Å². The topological polar surface area (TPSA) is 85.8 Å². The standard InChI is InChI=1S/C11H15N5OS/c1-7-9(18-6-14-7)4-13-11(17)10(12)8-3-15-16(2)5-8/h3,5-6,10H,4,12H2,1-2H3,(H,13,17). The first-order chi connectivity index (χ1) is 8.58. The number of rotatable bonds is 4. The van der Waals surface area contributed by atoms with Gasteiger partial charge < -0.3 is 11.1 Å². The smallest absolute Gasteiger partial charge is 0.241 e. The van der Waals surface area contributed by atoms with E-state index in [0.29, 0.717) is 12.1 Å². The minimum Gasteiger partial charge on any atom is -0.349 e. The minimum absolute atomic E-state index is 0.212. The monoisotopic (exact) mass is 265 g/mol. The fraction of sp³-hybridized carbons (Fsp3) is 0.364. The van der Waals surface area contributed by atoms with Gasteiger partial charge in [-0.1, -0.05) is 0 Å². The molecule has 0 spiro atoms. The van der Waals surface area contributed by atoms with Crippen LogP contribution in [-0.2, 0) is 18.4 Å². The molecule has 0 radical (unpaired) electrons. The first kappa shape index (κ1) is 12.7. The SMILES string of the molecule is Cc1ncsc1CNC(=O)C(N)c1cnn(C)c1. The van der Waals surface area contributed by atoms with Gasteiger partial charge in [-0.3, -0.25) is 9.48 Å². The summed E-state index contributed by atoms with van der Waals surface area (Å²) in [5.74, 6) is -0.212. The average Bonchev–Trinajstić information content (AvgIpc) is 2.94. The summed E-state index contributed by atoms with van der Waals surface area (Å²) in [6.07, 6.45) is 3.34. The van der Waals surface area contributed by atoms with Crippen LogP contribution in [0.15, 0.2) is 17.9 Å². The molecule has 0 aliphatic rings. The number of hydrogen-bond donors (Lipinski definition) is 2. The van der Waals surface area contributed by atoms with Gasteiger partial charge in [-0.2, -0.15) is 5.10 Å². The van der Waals surface area contributed by atoms with Crippen LogP contribution in [0.1, 0.15) is 22.2 Å². The summed E-state index contributed by atoms with van der Waals surface area (Å²) >= 11 is 1.52. The summed E-state index contributed by atoms with van der Waals surface area (Å²) in [7, 11) is 1.79. The van der Waals surface area contributed by atoms with Gasteiger partial charge in [0.25, 0.3) is 0 Å². The number of aryl methyl sites for hydroxylation is 2. The minimum atomic E-state index is -0.688. The molecule has 7 heteroatoms. The molecule has 2 aromatic rings. The fourth-order valence-corrected chi connectivity index (χ4v) is 2.24. The second-order valence-corrected chi connectivity index (χ2v) is 4.94. The van der Waals surface area contributed by atoms with Crippen LogP contribution >= 0.6 is 11.3 Å². The Morgan fingerprint density at radius 2 is 2.44 bits per heavy atom. The van der Waals surface area contributed by atoms with Crippen LogP contribution in [0.3, 0.4) is 0 Å². The summed E-state index contributed by atoms with van der Waals surface area (Å²) in [6.45, 7) is 2.38. The molecule has 6 nitrogen and oxygen atoms in total. The lowest BCUT2D eigenvalue weighted by atomic mass is 10.1. The molecule has 1 atom stereocenters. The van der Waals surface area contributed by atoms with E-state index in [0.717, 1.165) is 10.6 Å². The third-order valence-electron chi connectivity index (χ3n) is 2.63. The van der Waals surface area contributed by atoms with Crippen molar-refractivity contribution in [1.29, 1.82) is 0 Å². The van der Waals surface area contributed by atoms with Gasteiger partial charge >= 0.3 is 0 Å². The Labute approximate surface area is 109 Å². The summed E-state index contributed by atoms with van der Waals surface area (Å²) < 4.78 is 1.62. The molecule has 0 aliphatic heterocycles. The van der Waals surface area contributed by atoms with Crippen LogP contribution in [-0.4, -0.2) is 20.7 Å². The number of thiazole rings is 1. The lowest BCUT2D eigenvalue weighted by molar-refractivity contribution is -0.122. The molecule has 0 aliphatic carbocycles. The van der Waals surface area contributed by atoms with Crippen LogP contribution in [0.4, 0.5) is 0 Å². The fourth-order valence-electron chi connectivity index (χ4n) is 1.53. The number of carbonyl (C=O) groups is 1. The first-order valence-corrected chi connectivity index (χ1v) is 6.36. The highest BCUT2D eigenvalue weighted by molar-refractivity contribution is 7.09. The molecule has 1 unspecified atom stereocenters. The third kappa shape index (κ3) is 2.74. The lowest BCUT2D eigenvalue weighted by Crippen LogP contribution is -2.33. The molecular weight excluding hydrogens is 250 g/mol. The molecule has 0 fully saturated rings. The van der Waals surface area contributed by atoms with E-state index in [1.54, 1.807) is 29.6 Å². The molecule has 96 valence electrons. The molecule has 18 heavy (non-hydrogen) atoms. The maximum absolute atomic E-state index is 11.9. The summed E-state index contributed by atoms with van der Waals surface area (Å²) in [5, 5.41) is 6.80. The van der Waals surface area contributed by atoms with Crippen molar-refractivity contribution in [2.75, 3.05) is 0 Å². The summed E-state index contributed by atoms with van der Waals surface area (Å²) in [4.78, 5) is 17.0. The number of hydrogen-bond acceptors (Lipinski definition) is 5. The molecule has 3 N–H and O–H groups in total. The normalized spacial score (nSPS) is 12.4. The molecule has 1 amide bonds. The van der Waals surface area contributed by atoms with Crippen LogP contribution in [0.5, 0.6) is 0 Å². The molecule has 0 saturated heterocycles. The maximum atomic E-state index is 11.9. The second-order valence-electron chi connectivity index (χ2n) is 4.00. The quantitative estimate of drug-likeness (QED) is 0.843. The Hall–Kier alpha value is -1.73. The summed E-state index contributed by atoms with van der Waals surface area (Å²) in [5.41, 5.74) is 9.26. The lowest BCUT2D eigenvalue weighted by Gasteiger charge is -2.09. The Balaban J connectivity index is 1.94. The zero-order chi connectivity index (χ0) is 13.1. The predicted molar refractivity (Wildman–Crippen MR) is 68.8 cm³/mol. The van der Waals surface area contributed by atoms with Gasteiger partial charge in [0.05, 0.1) is 23.9 Å². The van der Waals surface area contributed by atoms with Crippen LogP contribution in [0, 0.1) is 6.92 Å².